The van der Waals surface area contributed by atoms with Crippen molar-refractivity contribution in [1.82, 2.24) is 0 Å². The molecule has 0 N–H and O–H groups in total. The molecule has 0 spiro atoms. The summed E-state index contributed by atoms with van der Waals surface area (Å²) >= 11 is 2.68. The van der Waals surface area contributed by atoms with Gasteiger partial charge in [0.25, 0.3) is 0 Å². The third kappa shape index (κ3) is 2.89. The van der Waals surface area contributed by atoms with Gasteiger partial charge in [0.1, 0.15) is 0 Å². The zero-order valence-electron chi connectivity index (χ0n) is 7.72. The van der Waals surface area contributed by atoms with Crippen LogP contribution in [-0.2, 0) is 11.2 Å². The fraction of sp³-hybridized carbons (Fsp3) is 0.300. The van der Waals surface area contributed by atoms with Gasteiger partial charge in [-0.15, -0.1) is 0 Å². The fourth-order valence-corrected chi connectivity index (χ4v) is 1.63. The van der Waals surface area contributed by atoms with Crippen molar-refractivity contribution in [3.8, 4) is 0 Å². The minimum absolute atomic E-state index is 0.261. The van der Waals surface area contributed by atoms with Gasteiger partial charge in [0.05, 0.1) is 0 Å². The summed E-state index contributed by atoms with van der Waals surface area (Å²) in [6.45, 7) is 2.35. The number of halogens is 2. The van der Waals surface area contributed by atoms with Gasteiger partial charge in [-0.3, -0.25) is 0 Å². The second-order valence-corrected chi connectivity index (χ2v) is 3.65. The van der Waals surface area contributed by atoms with Crippen molar-refractivity contribution in [3.63, 3.8) is 0 Å². The van der Waals surface area contributed by atoms with Crippen molar-refractivity contribution in [2.45, 2.75) is 13.3 Å². The quantitative estimate of drug-likeness (QED) is 0.753. The predicted molar refractivity (Wildman–Crippen MR) is 52.4 cm³/mol. The summed E-state index contributed by atoms with van der Waals surface area (Å²) in [5, 5.41) is 0. The zero-order chi connectivity index (χ0) is 10.6. The van der Waals surface area contributed by atoms with E-state index in [0.717, 1.165) is 6.07 Å². The van der Waals surface area contributed by atoms with Crippen LogP contribution < -0.4 is 0 Å². The molecular formula is C10H10F2OSe. The van der Waals surface area contributed by atoms with E-state index in [2.05, 4.69) is 15.6 Å². The van der Waals surface area contributed by atoms with Crippen LogP contribution in [0.2, 0.25) is 0 Å². The molecule has 76 valence electrons. The zero-order valence-corrected chi connectivity index (χ0v) is 9.43. The van der Waals surface area contributed by atoms with Crippen LogP contribution in [0.5, 0.6) is 0 Å². The molecule has 0 atom stereocenters. The molecule has 0 heterocycles. The van der Waals surface area contributed by atoms with Crippen molar-refractivity contribution in [1.29, 1.82) is 0 Å². The van der Waals surface area contributed by atoms with Crippen molar-refractivity contribution >= 4 is 20.2 Å². The molecule has 0 aliphatic heterocycles. The van der Waals surface area contributed by atoms with Crippen molar-refractivity contribution in [3.05, 3.63) is 35.4 Å². The summed E-state index contributed by atoms with van der Waals surface area (Å²) in [5.41, 5.74) is 0.298. The molecule has 1 aromatic rings. The molecule has 1 rings (SSSR count). The summed E-state index contributed by atoms with van der Waals surface area (Å²) in [6, 6.07) is 4.11. The molecule has 0 saturated heterocycles. The van der Waals surface area contributed by atoms with E-state index in [1.54, 1.807) is 0 Å². The van der Waals surface area contributed by atoms with Gasteiger partial charge in [0.15, 0.2) is 0 Å². The summed E-state index contributed by atoms with van der Waals surface area (Å²) in [4.78, 5) is 0. The molecule has 14 heavy (non-hydrogen) atoms. The van der Waals surface area contributed by atoms with Gasteiger partial charge in [-0.1, -0.05) is 0 Å². The maximum absolute atomic E-state index is 13.1. The standard InChI is InChI=1S/C10H10F2OSe/c1-2-13-9(14)6-7-4-3-5-8(11)10(7)12/h3-5H,2,6H2,1H3. The topological polar surface area (TPSA) is 9.23 Å². The van der Waals surface area contributed by atoms with Crippen LogP contribution in [0.1, 0.15) is 12.5 Å². The van der Waals surface area contributed by atoms with E-state index in [4.69, 9.17) is 4.74 Å². The molecular weight excluding hydrogens is 253 g/mol. The van der Waals surface area contributed by atoms with E-state index in [1.165, 1.54) is 12.1 Å². The molecule has 0 unspecified atom stereocenters. The van der Waals surface area contributed by atoms with Crippen LogP contribution >= 0.6 is 0 Å². The Labute approximate surface area is 89.4 Å². The number of hydrogen-bond acceptors (Lipinski definition) is 1. The van der Waals surface area contributed by atoms with Crippen LogP contribution in [-0.4, -0.2) is 26.8 Å². The normalized spacial score (nSPS) is 9.93. The van der Waals surface area contributed by atoms with Crippen molar-refractivity contribution in [2.24, 2.45) is 0 Å². The Morgan fingerprint density at radius 1 is 1.43 bits per heavy atom. The minimum atomic E-state index is -0.827. The van der Waals surface area contributed by atoms with E-state index < -0.39 is 11.6 Å². The second-order valence-electron chi connectivity index (χ2n) is 2.69. The van der Waals surface area contributed by atoms with Crippen LogP contribution in [0.4, 0.5) is 8.78 Å². The van der Waals surface area contributed by atoms with Crippen LogP contribution in [0.25, 0.3) is 0 Å². The molecule has 0 saturated carbocycles. The Hall–Kier alpha value is -0.731. The van der Waals surface area contributed by atoms with Gasteiger partial charge in [0.2, 0.25) is 0 Å². The molecule has 0 fully saturated rings. The van der Waals surface area contributed by atoms with Gasteiger partial charge in [-0.25, -0.2) is 0 Å². The van der Waals surface area contributed by atoms with E-state index in [9.17, 15) is 8.78 Å². The Balaban J connectivity index is 2.76. The molecule has 0 amide bonds. The van der Waals surface area contributed by atoms with Gasteiger partial charge in [0, 0.05) is 0 Å². The molecule has 1 aromatic carbocycles. The summed E-state index contributed by atoms with van der Waals surface area (Å²) < 4.78 is 31.6. The summed E-state index contributed by atoms with van der Waals surface area (Å²) in [6.07, 6.45) is 0.261. The number of ether oxygens (including phenoxy) is 1. The van der Waals surface area contributed by atoms with E-state index in [1.807, 2.05) is 6.92 Å². The van der Waals surface area contributed by atoms with E-state index in [-0.39, 0.29) is 6.42 Å². The third-order valence-corrected chi connectivity index (χ3v) is 2.22. The van der Waals surface area contributed by atoms with Crippen molar-refractivity contribution < 1.29 is 13.5 Å². The maximum atomic E-state index is 13.1. The average Bonchev–Trinajstić information content (AvgIpc) is 2.13. The number of hydrogen-bond donors (Lipinski definition) is 0. The Morgan fingerprint density at radius 3 is 2.79 bits per heavy atom. The first-order valence-electron chi connectivity index (χ1n) is 4.23. The van der Waals surface area contributed by atoms with Crippen LogP contribution in [0.15, 0.2) is 18.2 Å². The van der Waals surface area contributed by atoms with E-state index >= 15 is 0 Å². The first kappa shape index (κ1) is 11.3. The van der Waals surface area contributed by atoms with Gasteiger partial charge in [-0.2, -0.15) is 0 Å². The SMILES string of the molecule is CCOC(=[Se])Cc1cccc(F)c1F. The van der Waals surface area contributed by atoms with Gasteiger partial charge >= 0.3 is 89.0 Å². The average molecular weight is 263 g/mol. The predicted octanol–water partition coefficient (Wildman–Crippen LogP) is 1.84. The summed E-state index contributed by atoms with van der Waals surface area (Å²) in [7, 11) is 0. The molecule has 0 aliphatic rings. The molecule has 0 bridgehead atoms. The Bertz CT molecular complexity index is 339. The molecule has 1 nitrogen and oxygen atoms in total. The third-order valence-electron chi connectivity index (χ3n) is 1.67. The second kappa shape index (κ2) is 5.22. The fourth-order valence-electron chi connectivity index (χ4n) is 1.05. The van der Waals surface area contributed by atoms with E-state index in [0.29, 0.717) is 16.8 Å². The first-order valence-corrected chi connectivity index (χ1v) is 5.09. The Morgan fingerprint density at radius 2 is 2.14 bits per heavy atom. The van der Waals surface area contributed by atoms with Gasteiger partial charge < -0.3 is 0 Å². The Kier molecular flexibility index (Phi) is 4.23. The number of rotatable bonds is 4. The first-order chi connectivity index (χ1) is 6.65. The molecule has 0 radical (unpaired) electrons. The molecule has 0 aromatic heterocycles. The summed E-state index contributed by atoms with van der Waals surface area (Å²) in [5.74, 6) is -1.63. The van der Waals surface area contributed by atoms with Crippen LogP contribution in [0.3, 0.4) is 0 Å². The van der Waals surface area contributed by atoms with Crippen molar-refractivity contribution in [2.75, 3.05) is 6.61 Å². The monoisotopic (exact) mass is 264 g/mol. The van der Waals surface area contributed by atoms with Crippen LogP contribution in [0, 0.1) is 11.6 Å². The van der Waals surface area contributed by atoms with Gasteiger partial charge in [-0.05, 0) is 0 Å². The molecule has 0 aliphatic carbocycles. The number of benzene rings is 1. The molecule has 4 heteroatoms.